The van der Waals surface area contributed by atoms with Gasteiger partial charge in [0.2, 0.25) is 17.7 Å². The number of ether oxygens (including phenoxy) is 2. The Morgan fingerprint density at radius 3 is 2.62 bits per heavy atom. The highest BCUT2D eigenvalue weighted by molar-refractivity contribution is 5.99. The van der Waals surface area contributed by atoms with Crippen molar-refractivity contribution in [2.45, 2.75) is 56.5 Å². The number of likely N-dealkylation sites (tertiary alicyclic amines) is 1. The molecule has 0 saturated carbocycles. The van der Waals surface area contributed by atoms with E-state index in [1.54, 1.807) is 23.1 Å². The Hall–Kier alpha value is -3.50. The van der Waals surface area contributed by atoms with Crippen LogP contribution in [-0.4, -0.2) is 89.1 Å². The molecule has 214 valence electrons. The maximum absolute atomic E-state index is 14.0. The predicted octanol–water partition coefficient (Wildman–Crippen LogP) is 1.51. The van der Waals surface area contributed by atoms with Crippen LogP contribution in [-0.2, 0) is 28.7 Å². The second-order valence-corrected chi connectivity index (χ2v) is 10.7. The minimum absolute atomic E-state index is 0.0484. The van der Waals surface area contributed by atoms with Crippen molar-refractivity contribution in [2.24, 2.45) is 11.8 Å². The first-order valence-corrected chi connectivity index (χ1v) is 14.2. The van der Waals surface area contributed by atoms with Gasteiger partial charge in [-0.3, -0.25) is 19.2 Å². The van der Waals surface area contributed by atoms with Crippen molar-refractivity contribution in [1.82, 2.24) is 15.1 Å². The number of hydrogen-bond donors (Lipinski definition) is 2. The molecule has 4 aliphatic heterocycles. The van der Waals surface area contributed by atoms with E-state index in [1.807, 2.05) is 43.3 Å². The predicted molar refractivity (Wildman–Crippen MR) is 144 cm³/mol. The largest absolute Gasteiger partial charge is 0.455 e. The van der Waals surface area contributed by atoms with E-state index < -0.39 is 47.6 Å². The zero-order valence-corrected chi connectivity index (χ0v) is 22.7. The fourth-order valence-corrected chi connectivity index (χ4v) is 6.35. The molecular formula is C30H37N3O7. The molecule has 2 N–H and O–H groups in total. The van der Waals surface area contributed by atoms with Crippen LogP contribution in [0.1, 0.15) is 44.3 Å². The summed E-state index contributed by atoms with van der Waals surface area (Å²) in [6, 6.07) is 8.12. The summed E-state index contributed by atoms with van der Waals surface area (Å²) in [4.78, 5) is 57.5. The minimum Gasteiger partial charge on any atom is -0.455 e. The highest BCUT2D eigenvalue weighted by Crippen LogP contribution is 2.53. The summed E-state index contributed by atoms with van der Waals surface area (Å²) in [5, 5.41) is 12.7. The second kappa shape index (κ2) is 11.9. The highest BCUT2D eigenvalue weighted by atomic mass is 16.6. The Morgan fingerprint density at radius 2 is 1.88 bits per heavy atom. The Morgan fingerprint density at radius 1 is 1.07 bits per heavy atom. The smallest absolute Gasteiger partial charge is 0.313 e. The molecule has 6 atom stereocenters. The van der Waals surface area contributed by atoms with Gasteiger partial charge in [-0.15, -0.1) is 0 Å². The standard InChI is InChI=1S/C30H37N3O7/c1-2-3-15-32-16-9-14-30-25(27(36)33(17-18-34)26(30)28(32)37)24-21(40-30)12-7-8-13-23(35)31-19-22(39-29(24)38)20-10-5-4-6-11-20/h4-7,9-12,14,21-22,24-26,34H,2-3,8,13,15-19H2,1H3,(H,31,35)/b12-7-/t21-,22+,24+,25+,26-,30+/m1/s1. The van der Waals surface area contributed by atoms with Gasteiger partial charge in [0, 0.05) is 26.1 Å². The summed E-state index contributed by atoms with van der Waals surface area (Å²) < 4.78 is 12.6. The molecule has 2 saturated heterocycles. The number of nitrogens with zero attached hydrogens (tertiary/aromatic N) is 2. The number of esters is 1. The Balaban J connectivity index is 1.56. The number of benzene rings is 1. The molecule has 40 heavy (non-hydrogen) atoms. The number of unbranched alkanes of at least 4 members (excludes halogenated alkanes) is 1. The number of allylic oxidation sites excluding steroid dienone is 1. The van der Waals surface area contributed by atoms with Crippen LogP contribution < -0.4 is 5.32 Å². The van der Waals surface area contributed by atoms with Gasteiger partial charge >= 0.3 is 5.97 Å². The summed E-state index contributed by atoms with van der Waals surface area (Å²) in [5.41, 5.74) is -0.679. The first-order valence-electron chi connectivity index (χ1n) is 14.2. The molecule has 4 aliphatic rings. The molecule has 2 fully saturated rings. The average Bonchev–Trinajstić information content (AvgIpc) is 3.33. The summed E-state index contributed by atoms with van der Waals surface area (Å²) in [6.07, 6.45) is 7.89. The van der Waals surface area contributed by atoms with Gasteiger partial charge in [-0.1, -0.05) is 68.0 Å². The maximum atomic E-state index is 14.0. The van der Waals surface area contributed by atoms with E-state index >= 15 is 0 Å². The van der Waals surface area contributed by atoms with E-state index in [0.717, 1.165) is 12.8 Å². The molecule has 1 spiro atoms. The first-order chi connectivity index (χ1) is 19.4. The molecule has 3 amide bonds. The average molecular weight is 552 g/mol. The number of hydrogen-bond acceptors (Lipinski definition) is 7. The summed E-state index contributed by atoms with van der Waals surface area (Å²) in [6.45, 7) is 2.66. The zero-order chi connectivity index (χ0) is 28.3. The van der Waals surface area contributed by atoms with Crippen LogP contribution in [0.15, 0.2) is 54.6 Å². The molecule has 0 aromatic heterocycles. The second-order valence-electron chi connectivity index (χ2n) is 10.7. The lowest BCUT2D eigenvalue weighted by molar-refractivity contribution is -0.160. The van der Waals surface area contributed by atoms with Crippen LogP contribution in [0.5, 0.6) is 0 Å². The Bertz CT molecular complexity index is 1190. The Kier molecular flexibility index (Phi) is 8.37. The van der Waals surface area contributed by atoms with Gasteiger partial charge in [0.15, 0.2) is 0 Å². The van der Waals surface area contributed by atoms with E-state index in [2.05, 4.69) is 5.32 Å². The molecule has 0 aliphatic carbocycles. The molecule has 5 rings (SSSR count). The fraction of sp³-hybridized carbons (Fsp3) is 0.533. The van der Waals surface area contributed by atoms with Crippen LogP contribution in [0.2, 0.25) is 0 Å². The molecule has 0 radical (unpaired) electrons. The lowest BCUT2D eigenvalue weighted by Crippen LogP contribution is -2.55. The molecule has 0 bridgehead atoms. The number of cyclic esters (lactones) is 1. The molecule has 1 aromatic rings. The van der Waals surface area contributed by atoms with Gasteiger partial charge in [-0.2, -0.15) is 0 Å². The van der Waals surface area contributed by atoms with Gasteiger partial charge in [0.25, 0.3) is 0 Å². The lowest BCUT2D eigenvalue weighted by atomic mass is 9.78. The van der Waals surface area contributed by atoms with Crippen molar-refractivity contribution in [3.05, 3.63) is 60.2 Å². The van der Waals surface area contributed by atoms with Crippen LogP contribution in [0.3, 0.4) is 0 Å². The van der Waals surface area contributed by atoms with E-state index in [0.29, 0.717) is 25.1 Å². The normalized spacial score (nSPS) is 33.2. The number of aliphatic hydroxyl groups is 1. The van der Waals surface area contributed by atoms with E-state index in [1.165, 1.54) is 4.90 Å². The third kappa shape index (κ3) is 5.06. The van der Waals surface area contributed by atoms with E-state index in [4.69, 9.17) is 9.47 Å². The third-order valence-electron chi connectivity index (χ3n) is 8.25. The Labute approximate surface area is 234 Å². The SMILES string of the molecule is CCCCN1CC=C[C@]23O[C@@H]4/C=C\CCC(=O)NC[C@@H](c5ccccc5)OC(=O)[C@@H]4[C@H]2C(=O)N(CCO)[C@@H]3C1=O. The third-order valence-corrected chi connectivity index (χ3v) is 8.25. The minimum atomic E-state index is -1.39. The van der Waals surface area contributed by atoms with Crippen molar-refractivity contribution in [1.29, 1.82) is 0 Å². The number of carbonyl (C=O) groups is 4. The number of amides is 3. The van der Waals surface area contributed by atoms with Gasteiger partial charge in [0.05, 0.1) is 25.2 Å². The topological polar surface area (TPSA) is 125 Å². The van der Waals surface area contributed by atoms with Crippen LogP contribution >= 0.6 is 0 Å². The first kappa shape index (κ1) is 28.0. The molecule has 10 heteroatoms. The number of carbonyl (C=O) groups excluding carboxylic acids is 4. The quantitative estimate of drug-likeness (QED) is 0.406. The molecule has 4 heterocycles. The van der Waals surface area contributed by atoms with Crippen molar-refractivity contribution in [3.63, 3.8) is 0 Å². The summed E-state index contributed by atoms with van der Waals surface area (Å²) >= 11 is 0. The highest BCUT2D eigenvalue weighted by Gasteiger charge is 2.71. The molecule has 0 unspecified atom stereocenters. The number of rotatable bonds is 6. The van der Waals surface area contributed by atoms with Crippen LogP contribution in [0.4, 0.5) is 0 Å². The van der Waals surface area contributed by atoms with Crippen molar-refractivity contribution in [2.75, 3.05) is 32.8 Å². The molecular weight excluding hydrogens is 514 g/mol. The number of β-amino-alcohol motifs (C(OH)–C–C–N with tert-alkyl or cyclic N) is 1. The number of fused-ring (bicyclic) bond motifs is 2. The van der Waals surface area contributed by atoms with E-state index in [9.17, 15) is 24.3 Å². The van der Waals surface area contributed by atoms with Crippen molar-refractivity contribution >= 4 is 23.7 Å². The molecule has 1 aromatic carbocycles. The monoisotopic (exact) mass is 551 g/mol. The van der Waals surface area contributed by atoms with Gasteiger partial charge < -0.3 is 29.7 Å². The summed E-state index contributed by atoms with van der Waals surface area (Å²) in [7, 11) is 0. The van der Waals surface area contributed by atoms with E-state index in [-0.39, 0.29) is 37.9 Å². The summed E-state index contributed by atoms with van der Waals surface area (Å²) in [5.74, 6) is -3.49. The number of aliphatic hydroxyl groups excluding tert-OH is 1. The van der Waals surface area contributed by atoms with Crippen molar-refractivity contribution < 1.29 is 33.8 Å². The van der Waals surface area contributed by atoms with Crippen LogP contribution in [0, 0.1) is 11.8 Å². The fourth-order valence-electron chi connectivity index (χ4n) is 6.35. The molecule has 10 nitrogen and oxygen atoms in total. The van der Waals surface area contributed by atoms with Crippen LogP contribution in [0.25, 0.3) is 0 Å². The lowest BCUT2D eigenvalue weighted by Gasteiger charge is -2.35. The van der Waals surface area contributed by atoms with Gasteiger partial charge in [-0.25, -0.2) is 0 Å². The number of nitrogens with one attached hydrogen (secondary N) is 1. The van der Waals surface area contributed by atoms with Gasteiger partial charge in [0.1, 0.15) is 23.7 Å². The maximum Gasteiger partial charge on any atom is 0.313 e. The zero-order valence-electron chi connectivity index (χ0n) is 22.7. The van der Waals surface area contributed by atoms with Crippen molar-refractivity contribution in [3.8, 4) is 0 Å². The van der Waals surface area contributed by atoms with Gasteiger partial charge in [-0.05, 0) is 18.4 Å².